The van der Waals surface area contributed by atoms with Gasteiger partial charge >= 0.3 is 24.1 Å². The lowest BCUT2D eigenvalue weighted by molar-refractivity contribution is 0.0981. The minimum absolute atomic E-state index is 0.0239. The lowest BCUT2D eigenvalue weighted by Gasteiger charge is -2.42. The SMILES string of the molecule is CCNC(=O)Nc1ccc(-c2nc3c(c(N4CCOC[C@@H]4C)n2)CCN2C(=O)NCCC32)cc1.CCNC(=O)Nc1ccc(-c2nc3c(c(N4CCOC[C@@H]4C)n2)CCN2C(=O)NCCC32)cc1. The number of benzene rings is 2. The third-order valence-corrected chi connectivity index (χ3v) is 13.3. The van der Waals surface area contributed by atoms with Crippen LogP contribution in [0, 0.1) is 0 Å². The van der Waals surface area contributed by atoms with Crippen LogP contribution in [0.25, 0.3) is 22.8 Å². The van der Waals surface area contributed by atoms with Crippen molar-refractivity contribution in [2.45, 2.75) is 77.5 Å². The van der Waals surface area contributed by atoms with E-state index >= 15 is 0 Å². The summed E-state index contributed by atoms with van der Waals surface area (Å²) in [5.74, 6) is 3.16. The van der Waals surface area contributed by atoms with E-state index in [0.717, 1.165) is 84.1 Å². The number of hydrogen-bond donors (Lipinski definition) is 6. The van der Waals surface area contributed by atoms with Gasteiger partial charge in [-0.1, -0.05) is 0 Å². The number of rotatable bonds is 8. The van der Waals surface area contributed by atoms with E-state index < -0.39 is 0 Å². The van der Waals surface area contributed by atoms with Gasteiger partial charge in [0.2, 0.25) is 0 Å². The Bertz CT molecular complexity index is 2320. The molecule has 0 bridgehead atoms. The van der Waals surface area contributed by atoms with Gasteiger partial charge in [0.15, 0.2) is 11.6 Å². The topological polar surface area (TPSA) is 223 Å². The first-order valence-corrected chi connectivity index (χ1v) is 24.0. The van der Waals surface area contributed by atoms with Crippen LogP contribution < -0.4 is 41.7 Å². The van der Waals surface area contributed by atoms with Crippen molar-refractivity contribution in [3.05, 3.63) is 71.0 Å². The highest BCUT2D eigenvalue weighted by Gasteiger charge is 2.40. The normalized spacial score (nSPS) is 21.9. The lowest BCUT2D eigenvalue weighted by Crippen LogP contribution is -2.52. The van der Waals surface area contributed by atoms with Crippen molar-refractivity contribution < 1.29 is 28.7 Å². The Hall–Kier alpha value is -6.80. The summed E-state index contributed by atoms with van der Waals surface area (Å²) in [5.41, 5.74) is 7.31. The molecule has 2 aromatic heterocycles. The second-order valence-electron chi connectivity index (χ2n) is 17.8. The number of nitrogens with zero attached hydrogens (tertiary/aromatic N) is 8. The quantitative estimate of drug-likeness (QED) is 0.137. The largest absolute Gasteiger partial charge is 0.377 e. The average Bonchev–Trinajstić information content (AvgIpc) is 3.34. The molecule has 0 aliphatic carbocycles. The van der Waals surface area contributed by atoms with Crippen LogP contribution in [0.15, 0.2) is 48.5 Å². The van der Waals surface area contributed by atoms with Gasteiger partial charge in [-0.15, -0.1) is 0 Å². The van der Waals surface area contributed by atoms with Gasteiger partial charge in [-0.2, -0.15) is 0 Å². The summed E-state index contributed by atoms with van der Waals surface area (Å²) in [4.78, 5) is 77.2. The van der Waals surface area contributed by atoms with Gasteiger partial charge < -0.3 is 61.0 Å². The molecule has 8 amide bonds. The molecule has 6 N–H and O–H groups in total. The first-order valence-electron chi connectivity index (χ1n) is 24.0. The summed E-state index contributed by atoms with van der Waals surface area (Å²) in [6, 6.07) is 14.9. The van der Waals surface area contributed by atoms with E-state index in [-0.39, 0.29) is 48.3 Å². The van der Waals surface area contributed by atoms with E-state index in [2.05, 4.69) is 55.5 Å². The van der Waals surface area contributed by atoms with Gasteiger partial charge in [-0.05, 0) is 102 Å². The Labute approximate surface area is 396 Å². The standard InChI is InChI=1S/2C24H31N7O3/c2*1-3-25-23(32)27-17-6-4-16(5-7-17)21-28-20-18(9-11-31-19(20)8-10-26-24(31)33)22(29-21)30-12-13-34-14-15(30)2/h2*4-7,15,19H,3,8-14H2,1-2H3,(H,26,33)(H2,25,27,32)/t2*15-,19?/m00/s1. The monoisotopic (exact) mass is 930 g/mol. The van der Waals surface area contributed by atoms with Crippen LogP contribution in [-0.4, -0.2) is 145 Å². The van der Waals surface area contributed by atoms with Crippen molar-refractivity contribution in [1.29, 1.82) is 0 Å². The van der Waals surface area contributed by atoms with Gasteiger partial charge in [0.05, 0.1) is 62.0 Å². The van der Waals surface area contributed by atoms with E-state index in [9.17, 15) is 19.2 Å². The Morgan fingerprint density at radius 3 is 1.40 bits per heavy atom. The zero-order valence-electron chi connectivity index (χ0n) is 39.3. The summed E-state index contributed by atoms with van der Waals surface area (Å²) in [6.45, 7) is 16.0. The highest BCUT2D eigenvalue weighted by Crippen LogP contribution is 2.40. The number of hydrogen-bond acceptors (Lipinski definition) is 12. The number of nitrogens with one attached hydrogen (secondary N) is 6. The molecule has 0 spiro atoms. The fourth-order valence-electron chi connectivity index (χ4n) is 9.88. The van der Waals surface area contributed by atoms with Crippen LogP contribution in [0.5, 0.6) is 0 Å². The molecular formula is C48H62N14O6. The molecule has 360 valence electrons. The Morgan fingerprint density at radius 1 is 0.603 bits per heavy atom. The number of morpholine rings is 2. The van der Waals surface area contributed by atoms with Gasteiger partial charge in [0, 0.05) is 86.0 Å². The van der Waals surface area contributed by atoms with Gasteiger partial charge in [-0.25, -0.2) is 39.1 Å². The minimum atomic E-state index is -0.237. The molecule has 0 radical (unpaired) electrons. The number of carbonyl (C=O) groups is 4. The van der Waals surface area contributed by atoms with Crippen molar-refractivity contribution in [3.8, 4) is 22.8 Å². The molecule has 8 heterocycles. The molecule has 6 aliphatic heterocycles. The van der Waals surface area contributed by atoms with Crippen molar-refractivity contribution >= 4 is 47.1 Å². The number of amides is 8. The number of ether oxygens (including phenoxy) is 2. The molecule has 4 fully saturated rings. The number of urea groups is 4. The summed E-state index contributed by atoms with van der Waals surface area (Å²) in [5, 5.41) is 17.0. The number of fused-ring (bicyclic) bond motifs is 6. The van der Waals surface area contributed by atoms with Crippen molar-refractivity contribution in [1.82, 2.24) is 51.0 Å². The molecule has 4 aromatic rings. The maximum atomic E-state index is 12.5. The van der Waals surface area contributed by atoms with E-state index in [1.54, 1.807) is 0 Å². The van der Waals surface area contributed by atoms with Crippen LogP contribution in [0.1, 0.15) is 75.1 Å². The highest BCUT2D eigenvalue weighted by molar-refractivity contribution is 5.90. The number of carbonyl (C=O) groups excluding carboxylic acids is 4. The second kappa shape index (κ2) is 20.6. The fraction of sp³-hybridized carbons (Fsp3) is 0.500. The predicted molar refractivity (Wildman–Crippen MR) is 258 cm³/mol. The zero-order chi connectivity index (χ0) is 47.3. The highest BCUT2D eigenvalue weighted by atomic mass is 16.5. The summed E-state index contributed by atoms with van der Waals surface area (Å²) in [6.07, 6.45) is 3.11. The minimum Gasteiger partial charge on any atom is -0.377 e. The zero-order valence-corrected chi connectivity index (χ0v) is 39.3. The average molecular weight is 931 g/mol. The van der Waals surface area contributed by atoms with Gasteiger partial charge in [0.25, 0.3) is 0 Å². The molecule has 2 unspecified atom stereocenters. The van der Waals surface area contributed by atoms with E-state index in [1.807, 2.05) is 72.2 Å². The third kappa shape index (κ3) is 9.78. The van der Waals surface area contributed by atoms with Crippen molar-refractivity contribution in [2.75, 3.05) is 99.2 Å². The first-order chi connectivity index (χ1) is 33.1. The van der Waals surface area contributed by atoms with Crippen molar-refractivity contribution in [2.24, 2.45) is 0 Å². The molecule has 68 heavy (non-hydrogen) atoms. The molecule has 20 heteroatoms. The molecule has 2 aromatic carbocycles. The third-order valence-electron chi connectivity index (χ3n) is 13.3. The smallest absolute Gasteiger partial charge is 0.319 e. The Morgan fingerprint density at radius 2 is 1.01 bits per heavy atom. The summed E-state index contributed by atoms with van der Waals surface area (Å²) >= 11 is 0. The molecule has 20 nitrogen and oxygen atoms in total. The van der Waals surface area contributed by atoms with Crippen LogP contribution in [0.3, 0.4) is 0 Å². The maximum Gasteiger partial charge on any atom is 0.319 e. The van der Waals surface area contributed by atoms with E-state index in [0.29, 0.717) is 88.7 Å². The first kappa shape index (κ1) is 46.3. The molecule has 6 aliphatic rings. The molecule has 4 atom stereocenters. The Kier molecular flexibility index (Phi) is 14.0. The lowest BCUT2D eigenvalue weighted by atomic mass is 9.93. The molecule has 10 rings (SSSR count). The van der Waals surface area contributed by atoms with Crippen LogP contribution in [-0.2, 0) is 22.3 Å². The van der Waals surface area contributed by atoms with Crippen LogP contribution in [0.4, 0.5) is 42.2 Å². The van der Waals surface area contributed by atoms with Gasteiger partial charge in [0.1, 0.15) is 11.6 Å². The van der Waals surface area contributed by atoms with E-state index in [1.165, 1.54) is 0 Å². The summed E-state index contributed by atoms with van der Waals surface area (Å²) < 4.78 is 11.3. The van der Waals surface area contributed by atoms with E-state index in [4.69, 9.17) is 29.4 Å². The van der Waals surface area contributed by atoms with Gasteiger partial charge in [-0.3, -0.25) is 0 Å². The molecule has 4 saturated heterocycles. The molecule has 0 saturated carbocycles. The van der Waals surface area contributed by atoms with Crippen molar-refractivity contribution in [3.63, 3.8) is 0 Å². The maximum absolute atomic E-state index is 12.5. The van der Waals surface area contributed by atoms with Crippen LogP contribution in [0.2, 0.25) is 0 Å². The fourth-order valence-corrected chi connectivity index (χ4v) is 9.88. The predicted octanol–water partition coefficient (Wildman–Crippen LogP) is 5.05. The van der Waals surface area contributed by atoms with Crippen LogP contribution >= 0.6 is 0 Å². The number of anilines is 4. The molecular weight excluding hydrogens is 869 g/mol. The summed E-state index contributed by atoms with van der Waals surface area (Å²) in [7, 11) is 0. The second-order valence-corrected chi connectivity index (χ2v) is 17.8. The number of aromatic nitrogens is 4. The Balaban J connectivity index is 0.000000170.